The number of nitrogens with zero attached hydrogens (tertiary/aromatic N) is 1. The quantitative estimate of drug-likeness (QED) is 0.687. The molecule has 1 aliphatic rings. The molecule has 0 bridgehead atoms. The summed E-state index contributed by atoms with van der Waals surface area (Å²) in [6, 6.07) is 7.87. The second-order valence-electron chi connectivity index (χ2n) is 7.33. The van der Waals surface area contributed by atoms with Gasteiger partial charge in [0, 0.05) is 23.4 Å². The highest BCUT2D eigenvalue weighted by atomic mass is 16.6. The molecule has 1 heterocycles. The predicted molar refractivity (Wildman–Crippen MR) is 89.8 cm³/mol. The SMILES string of the molecule is CC1Cc2c(n(C(=O)OC(C)(C)C)c3ccccc23)CCC1=O. The largest absolute Gasteiger partial charge is 0.443 e. The molecular formula is C19H23NO3. The average Bonchev–Trinajstić information content (AvgIpc) is 2.69. The molecule has 0 saturated carbocycles. The molecule has 23 heavy (non-hydrogen) atoms. The van der Waals surface area contributed by atoms with Gasteiger partial charge in [-0.05, 0) is 45.2 Å². The number of para-hydroxylation sites is 1. The van der Waals surface area contributed by atoms with Gasteiger partial charge in [0.2, 0.25) is 0 Å². The van der Waals surface area contributed by atoms with Crippen molar-refractivity contribution < 1.29 is 14.3 Å². The summed E-state index contributed by atoms with van der Waals surface area (Å²) in [6.07, 6.45) is 1.39. The van der Waals surface area contributed by atoms with Crippen LogP contribution in [0.2, 0.25) is 0 Å². The minimum atomic E-state index is -0.552. The summed E-state index contributed by atoms with van der Waals surface area (Å²) >= 11 is 0. The van der Waals surface area contributed by atoms with E-state index in [1.165, 1.54) is 0 Å². The molecule has 0 radical (unpaired) electrons. The van der Waals surface area contributed by atoms with Crippen molar-refractivity contribution in [3.8, 4) is 0 Å². The summed E-state index contributed by atoms with van der Waals surface area (Å²) in [4.78, 5) is 24.8. The minimum absolute atomic E-state index is 0.00542. The van der Waals surface area contributed by atoms with E-state index in [0.29, 0.717) is 19.3 Å². The predicted octanol–water partition coefficient (Wildman–Crippen LogP) is 4.12. The molecule has 2 aromatic rings. The molecule has 1 aromatic heterocycles. The van der Waals surface area contributed by atoms with Gasteiger partial charge in [-0.3, -0.25) is 4.79 Å². The first-order chi connectivity index (χ1) is 10.8. The summed E-state index contributed by atoms with van der Waals surface area (Å²) < 4.78 is 7.26. The van der Waals surface area contributed by atoms with Crippen molar-refractivity contribution in [3.63, 3.8) is 0 Å². The average molecular weight is 313 g/mol. The lowest BCUT2D eigenvalue weighted by molar-refractivity contribution is -0.122. The van der Waals surface area contributed by atoms with Gasteiger partial charge in [0.05, 0.1) is 5.52 Å². The Morgan fingerprint density at radius 1 is 1.22 bits per heavy atom. The highest BCUT2D eigenvalue weighted by molar-refractivity contribution is 5.95. The van der Waals surface area contributed by atoms with Gasteiger partial charge < -0.3 is 4.74 Å². The second-order valence-corrected chi connectivity index (χ2v) is 7.33. The number of carbonyl (C=O) groups is 2. The lowest BCUT2D eigenvalue weighted by Gasteiger charge is -2.21. The van der Waals surface area contributed by atoms with E-state index in [-0.39, 0.29) is 17.8 Å². The van der Waals surface area contributed by atoms with Crippen LogP contribution in [-0.2, 0) is 22.4 Å². The van der Waals surface area contributed by atoms with E-state index in [4.69, 9.17) is 4.74 Å². The molecule has 1 aliphatic carbocycles. The van der Waals surface area contributed by atoms with Gasteiger partial charge >= 0.3 is 6.09 Å². The number of hydrogen-bond acceptors (Lipinski definition) is 3. The number of aromatic nitrogens is 1. The lowest BCUT2D eigenvalue weighted by atomic mass is 9.98. The van der Waals surface area contributed by atoms with Crippen molar-refractivity contribution in [2.75, 3.05) is 0 Å². The summed E-state index contributed by atoms with van der Waals surface area (Å²) in [5, 5.41) is 1.05. The summed E-state index contributed by atoms with van der Waals surface area (Å²) in [7, 11) is 0. The molecule has 4 nitrogen and oxygen atoms in total. The minimum Gasteiger partial charge on any atom is -0.443 e. The normalized spacial score (nSPS) is 18.6. The zero-order valence-corrected chi connectivity index (χ0v) is 14.2. The topological polar surface area (TPSA) is 48.3 Å². The smallest absolute Gasteiger partial charge is 0.419 e. The van der Waals surface area contributed by atoms with Crippen molar-refractivity contribution >= 4 is 22.8 Å². The Labute approximate surface area is 136 Å². The van der Waals surface area contributed by atoms with E-state index >= 15 is 0 Å². The van der Waals surface area contributed by atoms with Gasteiger partial charge in [-0.15, -0.1) is 0 Å². The molecule has 3 rings (SSSR count). The Hall–Kier alpha value is -2.10. The van der Waals surface area contributed by atoms with Gasteiger partial charge in [0.25, 0.3) is 0 Å². The van der Waals surface area contributed by atoms with Gasteiger partial charge in [-0.2, -0.15) is 0 Å². The fraction of sp³-hybridized carbons (Fsp3) is 0.474. The molecule has 0 spiro atoms. The maximum Gasteiger partial charge on any atom is 0.419 e. The van der Waals surface area contributed by atoms with Crippen molar-refractivity contribution in [2.45, 2.75) is 52.6 Å². The van der Waals surface area contributed by atoms with Crippen LogP contribution in [0.3, 0.4) is 0 Å². The molecule has 1 aromatic carbocycles. The van der Waals surface area contributed by atoms with Crippen molar-refractivity contribution in [1.29, 1.82) is 0 Å². The van der Waals surface area contributed by atoms with Crippen LogP contribution in [0.5, 0.6) is 0 Å². The molecule has 0 fully saturated rings. The van der Waals surface area contributed by atoms with Crippen molar-refractivity contribution in [3.05, 3.63) is 35.5 Å². The van der Waals surface area contributed by atoms with Gasteiger partial charge in [0.1, 0.15) is 11.4 Å². The van der Waals surface area contributed by atoms with E-state index in [1.54, 1.807) is 4.57 Å². The summed E-state index contributed by atoms with van der Waals surface area (Å²) in [6.45, 7) is 7.56. The molecule has 0 amide bonds. The van der Waals surface area contributed by atoms with Crippen LogP contribution >= 0.6 is 0 Å². The monoisotopic (exact) mass is 313 g/mol. The zero-order chi connectivity index (χ0) is 16.8. The number of ether oxygens (including phenoxy) is 1. The fourth-order valence-corrected chi connectivity index (χ4v) is 3.27. The molecule has 1 unspecified atom stereocenters. The third kappa shape index (κ3) is 2.90. The molecular weight excluding hydrogens is 290 g/mol. The summed E-state index contributed by atoms with van der Waals surface area (Å²) in [5.74, 6) is 0.259. The summed E-state index contributed by atoms with van der Waals surface area (Å²) in [5.41, 5.74) is 2.36. The van der Waals surface area contributed by atoms with E-state index in [0.717, 1.165) is 22.2 Å². The van der Waals surface area contributed by atoms with Crippen molar-refractivity contribution in [2.24, 2.45) is 5.92 Å². The third-order valence-electron chi connectivity index (χ3n) is 4.33. The van der Waals surface area contributed by atoms with Crippen LogP contribution in [-0.4, -0.2) is 22.0 Å². The van der Waals surface area contributed by atoms with Crippen LogP contribution in [0.4, 0.5) is 4.79 Å². The van der Waals surface area contributed by atoms with Crippen LogP contribution in [0.25, 0.3) is 10.9 Å². The molecule has 0 aliphatic heterocycles. The Morgan fingerprint density at radius 3 is 2.61 bits per heavy atom. The molecule has 1 atom stereocenters. The zero-order valence-electron chi connectivity index (χ0n) is 14.2. The fourth-order valence-electron chi connectivity index (χ4n) is 3.27. The van der Waals surface area contributed by atoms with Gasteiger partial charge in [0.15, 0.2) is 0 Å². The van der Waals surface area contributed by atoms with Crippen LogP contribution in [0.1, 0.15) is 45.4 Å². The first kappa shape index (κ1) is 15.8. The van der Waals surface area contributed by atoms with Crippen LogP contribution in [0.15, 0.2) is 24.3 Å². The Kier molecular flexibility index (Phi) is 3.78. The first-order valence-electron chi connectivity index (χ1n) is 8.15. The number of Topliss-reactive ketones (excluding diaryl/α,β-unsaturated/α-hetero) is 1. The number of ketones is 1. The molecule has 122 valence electrons. The van der Waals surface area contributed by atoms with E-state index in [1.807, 2.05) is 52.0 Å². The first-order valence-corrected chi connectivity index (χ1v) is 8.15. The van der Waals surface area contributed by atoms with E-state index < -0.39 is 5.60 Å². The molecule has 4 heteroatoms. The maximum absolute atomic E-state index is 12.7. The van der Waals surface area contributed by atoms with Crippen LogP contribution < -0.4 is 0 Å². The number of fused-ring (bicyclic) bond motifs is 3. The van der Waals surface area contributed by atoms with Gasteiger partial charge in [-0.25, -0.2) is 9.36 Å². The highest BCUT2D eigenvalue weighted by Crippen LogP contribution is 2.33. The number of rotatable bonds is 0. The molecule has 0 N–H and O–H groups in total. The lowest BCUT2D eigenvalue weighted by Crippen LogP contribution is -2.28. The maximum atomic E-state index is 12.7. The Balaban J connectivity index is 2.18. The number of carbonyl (C=O) groups excluding carboxylic acids is 2. The highest BCUT2D eigenvalue weighted by Gasteiger charge is 2.29. The Bertz CT molecular complexity index is 780. The standard InChI is InChI=1S/C19H23NO3/c1-12-11-14-13-7-5-6-8-15(13)20(16(14)9-10-17(12)21)18(22)23-19(2,3)4/h5-8,12H,9-11H2,1-4H3. The number of benzene rings is 1. The Morgan fingerprint density at radius 2 is 1.91 bits per heavy atom. The van der Waals surface area contributed by atoms with Crippen LogP contribution in [0, 0.1) is 5.92 Å². The van der Waals surface area contributed by atoms with Gasteiger partial charge in [-0.1, -0.05) is 25.1 Å². The van der Waals surface area contributed by atoms with E-state index in [9.17, 15) is 9.59 Å². The second kappa shape index (κ2) is 5.52. The number of hydrogen-bond donors (Lipinski definition) is 0. The van der Waals surface area contributed by atoms with E-state index in [2.05, 4.69) is 0 Å². The van der Waals surface area contributed by atoms with Crippen molar-refractivity contribution in [1.82, 2.24) is 4.57 Å². The molecule has 0 saturated heterocycles. The third-order valence-corrected chi connectivity index (χ3v) is 4.33.